The third-order valence-corrected chi connectivity index (χ3v) is 8.52. The van der Waals surface area contributed by atoms with Crippen molar-refractivity contribution in [3.63, 3.8) is 0 Å². The van der Waals surface area contributed by atoms with Crippen LogP contribution in [0.25, 0.3) is 10.9 Å². The number of hydrogen-bond donors (Lipinski definition) is 1. The van der Waals surface area contributed by atoms with E-state index in [1.807, 2.05) is 23.1 Å². The maximum Gasteiger partial charge on any atom is 0.264 e. The van der Waals surface area contributed by atoms with Crippen LogP contribution < -0.4 is 4.72 Å². The molecule has 37 heavy (non-hydrogen) atoms. The van der Waals surface area contributed by atoms with Crippen molar-refractivity contribution < 1.29 is 13.2 Å². The van der Waals surface area contributed by atoms with E-state index in [9.17, 15) is 13.2 Å². The second kappa shape index (κ2) is 9.95. The number of pyridine rings is 1. The minimum absolute atomic E-state index is 0.0511. The lowest BCUT2D eigenvalue weighted by Gasteiger charge is -2.44. The van der Waals surface area contributed by atoms with Crippen molar-refractivity contribution in [1.82, 2.24) is 14.8 Å². The van der Waals surface area contributed by atoms with Gasteiger partial charge in [0.2, 0.25) is 0 Å². The van der Waals surface area contributed by atoms with Gasteiger partial charge in [-0.05, 0) is 55.8 Å². The Hall–Kier alpha value is -3.75. The number of fused-ring (bicyclic) bond motifs is 1. The summed E-state index contributed by atoms with van der Waals surface area (Å²) in [6, 6.07) is 25.6. The summed E-state index contributed by atoms with van der Waals surface area (Å²) in [4.78, 5) is 21.8. The predicted molar refractivity (Wildman–Crippen MR) is 146 cm³/mol. The lowest BCUT2D eigenvalue weighted by atomic mass is 9.91. The third-order valence-electron chi connectivity index (χ3n) is 7.11. The quantitative estimate of drug-likeness (QED) is 0.402. The summed E-state index contributed by atoms with van der Waals surface area (Å²) in [7, 11) is -3.85. The van der Waals surface area contributed by atoms with E-state index in [4.69, 9.17) is 0 Å². The van der Waals surface area contributed by atoms with Gasteiger partial charge >= 0.3 is 0 Å². The Morgan fingerprint density at radius 1 is 0.838 bits per heavy atom. The third kappa shape index (κ3) is 5.08. The predicted octanol–water partition coefficient (Wildman–Crippen LogP) is 4.73. The molecule has 1 fully saturated rings. The zero-order chi connectivity index (χ0) is 26.0. The second-order valence-corrected chi connectivity index (χ2v) is 11.4. The SMILES string of the molecule is CC(C)(c1ccccc1)N1CCN(C(=O)c2ccc(NS(=O)(=O)c3cccc4cccnc34)cc2)CC1. The zero-order valence-electron chi connectivity index (χ0n) is 21.0. The summed E-state index contributed by atoms with van der Waals surface area (Å²) in [5.74, 6) is -0.0511. The standard InChI is InChI=1S/C29H30N4O3S/c1-29(2,24-10-4-3-5-11-24)33-20-18-32(19-21-33)28(34)23-13-15-25(16-14-23)31-37(35,36)26-12-6-8-22-9-7-17-30-27(22)26/h3-17,31H,18-21H2,1-2H3. The molecule has 1 amide bonds. The smallest absolute Gasteiger partial charge is 0.264 e. The van der Waals surface area contributed by atoms with E-state index >= 15 is 0 Å². The van der Waals surface area contributed by atoms with Gasteiger partial charge in [-0.25, -0.2) is 8.42 Å². The van der Waals surface area contributed by atoms with Gasteiger partial charge in [0.25, 0.3) is 15.9 Å². The number of rotatable bonds is 6. The maximum atomic E-state index is 13.2. The molecule has 0 spiro atoms. The highest BCUT2D eigenvalue weighted by molar-refractivity contribution is 7.93. The highest BCUT2D eigenvalue weighted by atomic mass is 32.2. The van der Waals surface area contributed by atoms with Gasteiger partial charge in [0, 0.05) is 54.6 Å². The van der Waals surface area contributed by atoms with Crippen LogP contribution in [0, 0.1) is 0 Å². The normalized spacial score (nSPS) is 15.0. The van der Waals surface area contributed by atoms with Crippen molar-refractivity contribution in [3.05, 3.63) is 102 Å². The molecule has 7 nitrogen and oxygen atoms in total. The molecule has 8 heteroatoms. The minimum Gasteiger partial charge on any atom is -0.336 e. The van der Waals surface area contributed by atoms with Gasteiger partial charge in [-0.15, -0.1) is 0 Å². The lowest BCUT2D eigenvalue weighted by molar-refractivity contribution is 0.0392. The van der Waals surface area contributed by atoms with E-state index in [2.05, 4.69) is 52.7 Å². The van der Waals surface area contributed by atoms with E-state index in [0.29, 0.717) is 29.9 Å². The number of nitrogens with one attached hydrogen (secondary N) is 1. The molecule has 0 atom stereocenters. The first kappa shape index (κ1) is 24.9. The summed E-state index contributed by atoms with van der Waals surface area (Å²) >= 11 is 0. The van der Waals surface area contributed by atoms with Gasteiger partial charge < -0.3 is 4.90 Å². The first-order chi connectivity index (χ1) is 17.8. The highest BCUT2D eigenvalue weighted by Crippen LogP contribution is 2.29. The van der Waals surface area contributed by atoms with Crippen molar-refractivity contribution >= 4 is 32.5 Å². The van der Waals surface area contributed by atoms with Gasteiger partial charge in [0.15, 0.2) is 0 Å². The molecule has 190 valence electrons. The van der Waals surface area contributed by atoms with Crippen LogP contribution in [-0.4, -0.2) is 55.3 Å². The number of hydrogen-bond acceptors (Lipinski definition) is 5. The molecule has 0 unspecified atom stereocenters. The van der Waals surface area contributed by atoms with E-state index in [1.165, 1.54) is 11.6 Å². The number of carbonyl (C=O) groups is 1. The lowest BCUT2D eigenvalue weighted by Crippen LogP contribution is -2.54. The molecule has 3 aromatic carbocycles. The molecule has 1 saturated heterocycles. The van der Waals surface area contributed by atoms with Gasteiger partial charge in [0.1, 0.15) is 4.90 Å². The first-order valence-electron chi connectivity index (χ1n) is 12.3. The Morgan fingerprint density at radius 3 is 2.22 bits per heavy atom. The number of piperazine rings is 1. The number of anilines is 1. The number of sulfonamides is 1. The van der Waals surface area contributed by atoms with E-state index < -0.39 is 10.0 Å². The Bertz CT molecular complexity index is 1510. The average molecular weight is 515 g/mol. The summed E-state index contributed by atoms with van der Waals surface area (Å²) in [6.45, 7) is 7.27. The minimum atomic E-state index is -3.85. The van der Waals surface area contributed by atoms with Crippen LogP contribution in [0.15, 0.2) is 96.0 Å². The molecule has 1 aliphatic heterocycles. The fraction of sp³-hybridized carbons (Fsp3) is 0.241. The van der Waals surface area contributed by atoms with Crippen molar-refractivity contribution in [2.45, 2.75) is 24.3 Å². The number of aromatic nitrogens is 1. The second-order valence-electron chi connectivity index (χ2n) is 9.72. The highest BCUT2D eigenvalue weighted by Gasteiger charge is 2.32. The topological polar surface area (TPSA) is 82.6 Å². The number of carbonyl (C=O) groups excluding carboxylic acids is 1. The largest absolute Gasteiger partial charge is 0.336 e. The van der Waals surface area contributed by atoms with Crippen LogP contribution in [0.3, 0.4) is 0 Å². The van der Waals surface area contributed by atoms with Crippen molar-refractivity contribution in [2.75, 3.05) is 30.9 Å². The molecule has 4 aromatic rings. The summed E-state index contributed by atoms with van der Waals surface area (Å²) in [5.41, 5.74) is 2.48. The van der Waals surface area contributed by atoms with Crippen LogP contribution >= 0.6 is 0 Å². The molecule has 0 radical (unpaired) electrons. The van der Waals surface area contributed by atoms with Crippen LogP contribution in [0.1, 0.15) is 29.8 Å². The molecule has 0 saturated carbocycles. The molecule has 2 heterocycles. The Morgan fingerprint density at radius 2 is 1.51 bits per heavy atom. The fourth-order valence-corrected chi connectivity index (χ4v) is 6.10. The van der Waals surface area contributed by atoms with Crippen LogP contribution in [-0.2, 0) is 15.6 Å². The van der Waals surface area contributed by atoms with Crippen molar-refractivity contribution in [2.24, 2.45) is 0 Å². The molecule has 0 aliphatic carbocycles. The summed E-state index contributed by atoms with van der Waals surface area (Å²) < 4.78 is 28.7. The van der Waals surface area contributed by atoms with Crippen molar-refractivity contribution in [3.8, 4) is 0 Å². The van der Waals surface area contributed by atoms with Gasteiger partial charge in [0.05, 0.1) is 5.52 Å². The van der Waals surface area contributed by atoms with Gasteiger partial charge in [-0.2, -0.15) is 0 Å². The number of nitrogens with zero attached hydrogens (tertiary/aromatic N) is 3. The summed E-state index contributed by atoms with van der Waals surface area (Å²) in [5, 5.41) is 0.749. The molecule has 5 rings (SSSR count). The van der Waals surface area contributed by atoms with E-state index in [0.717, 1.165) is 18.5 Å². The molecule has 1 aromatic heterocycles. The van der Waals surface area contributed by atoms with E-state index in [1.54, 1.807) is 42.6 Å². The number of benzene rings is 3. The number of para-hydroxylation sites is 1. The molecular formula is C29H30N4O3S. The van der Waals surface area contributed by atoms with Crippen LogP contribution in [0.5, 0.6) is 0 Å². The Kier molecular flexibility index (Phi) is 6.70. The fourth-order valence-electron chi connectivity index (χ4n) is 4.86. The Balaban J connectivity index is 1.24. The molecule has 1 N–H and O–H groups in total. The van der Waals surface area contributed by atoms with Gasteiger partial charge in [-0.3, -0.25) is 19.4 Å². The van der Waals surface area contributed by atoms with E-state index in [-0.39, 0.29) is 16.3 Å². The van der Waals surface area contributed by atoms with Gasteiger partial charge in [-0.1, -0.05) is 48.5 Å². The van der Waals surface area contributed by atoms with Crippen LogP contribution in [0.2, 0.25) is 0 Å². The zero-order valence-corrected chi connectivity index (χ0v) is 21.8. The number of amides is 1. The maximum absolute atomic E-state index is 13.2. The molecular weight excluding hydrogens is 484 g/mol. The van der Waals surface area contributed by atoms with Crippen LogP contribution in [0.4, 0.5) is 5.69 Å². The average Bonchev–Trinajstić information content (AvgIpc) is 2.93. The molecule has 1 aliphatic rings. The molecule has 0 bridgehead atoms. The monoisotopic (exact) mass is 514 g/mol. The summed E-state index contributed by atoms with van der Waals surface area (Å²) in [6.07, 6.45) is 1.57. The first-order valence-corrected chi connectivity index (χ1v) is 13.8. The van der Waals surface area contributed by atoms with Crippen molar-refractivity contribution in [1.29, 1.82) is 0 Å². The Labute approximate surface area is 217 Å².